The van der Waals surface area contributed by atoms with Crippen molar-refractivity contribution >= 4 is 13.8 Å². The number of rotatable bonds is 2. The van der Waals surface area contributed by atoms with Gasteiger partial charge in [-0.15, -0.1) is 5.54 Å². The standard InChI is InChI=1S/C26H29NSi/c1-19(2)24-17-23(18-25(20(3)4)26(24)27-5)14-13-21-9-11-22(12-10-21)15-16-28(6,7)8/h9-12,17-20H,1-4,6-8H3. The molecule has 0 saturated carbocycles. The molecule has 0 unspecified atom stereocenters. The van der Waals surface area contributed by atoms with Crippen molar-refractivity contribution in [2.45, 2.75) is 59.2 Å². The van der Waals surface area contributed by atoms with E-state index in [4.69, 9.17) is 6.57 Å². The molecule has 1 nitrogen and oxygen atoms in total. The van der Waals surface area contributed by atoms with Crippen molar-refractivity contribution in [3.05, 3.63) is 75.6 Å². The number of benzene rings is 2. The van der Waals surface area contributed by atoms with Crippen LogP contribution in [-0.2, 0) is 0 Å². The normalized spacial score (nSPS) is 10.7. The summed E-state index contributed by atoms with van der Waals surface area (Å²) >= 11 is 0. The Balaban J connectivity index is 2.38. The second-order valence-corrected chi connectivity index (χ2v) is 13.5. The van der Waals surface area contributed by atoms with Gasteiger partial charge in [0.25, 0.3) is 0 Å². The maximum absolute atomic E-state index is 7.59. The van der Waals surface area contributed by atoms with Crippen molar-refractivity contribution < 1.29 is 0 Å². The third kappa shape index (κ3) is 5.89. The predicted octanol–water partition coefficient (Wildman–Crippen LogP) is 7.11. The van der Waals surface area contributed by atoms with Crippen molar-refractivity contribution in [3.8, 4) is 23.3 Å². The zero-order valence-corrected chi connectivity index (χ0v) is 19.1. The van der Waals surface area contributed by atoms with Gasteiger partial charge in [0.05, 0.1) is 6.57 Å². The summed E-state index contributed by atoms with van der Waals surface area (Å²) in [4.78, 5) is 3.81. The minimum absolute atomic E-state index is 0.299. The molecule has 2 aromatic rings. The summed E-state index contributed by atoms with van der Waals surface area (Å²) in [6.07, 6.45) is 0. The topological polar surface area (TPSA) is 4.36 Å². The van der Waals surface area contributed by atoms with E-state index >= 15 is 0 Å². The molecule has 0 aromatic heterocycles. The lowest BCUT2D eigenvalue weighted by Crippen LogP contribution is -2.16. The van der Waals surface area contributed by atoms with E-state index in [0.717, 1.165) is 33.5 Å². The van der Waals surface area contributed by atoms with Crippen LogP contribution in [0.25, 0.3) is 4.85 Å². The fourth-order valence-electron chi connectivity index (χ4n) is 2.80. The highest BCUT2D eigenvalue weighted by Crippen LogP contribution is 2.35. The molecule has 0 aliphatic carbocycles. The third-order valence-corrected chi connectivity index (χ3v) is 5.22. The first kappa shape index (κ1) is 21.6. The van der Waals surface area contributed by atoms with E-state index in [1.54, 1.807) is 0 Å². The molecule has 28 heavy (non-hydrogen) atoms. The van der Waals surface area contributed by atoms with Crippen molar-refractivity contribution in [1.29, 1.82) is 0 Å². The molecule has 0 heterocycles. The fraction of sp³-hybridized carbons (Fsp3) is 0.346. The summed E-state index contributed by atoms with van der Waals surface area (Å²) < 4.78 is 0. The lowest BCUT2D eigenvalue weighted by Gasteiger charge is -2.15. The molecule has 0 fully saturated rings. The molecule has 0 bridgehead atoms. The Hall–Kier alpha value is -2.73. The maximum Gasteiger partial charge on any atom is 0.194 e. The van der Waals surface area contributed by atoms with Crippen LogP contribution >= 0.6 is 0 Å². The molecule has 0 aliphatic heterocycles. The molecule has 2 aromatic carbocycles. The van der Waals surface area contributed by atoms with Crippen LogP contribution < -0.4 is 0 Å². The van der Waals surface area contributed by atoms with Crippen LogP contribution in [0.15, 0.2) is 36.4 Å². The number of nitrogens with zero attached hydrogens (tertiary/aromatic N) is 1. The van der Waals surface area contributed by atoms with Gasteiger partial charge >= 0.3 is 0 Å². The van der Waals surface area contributed by atoms with Gasteiger partial charge in [0, 0.05) is 16.7 Å². The van der Waals surface area contributed by atoms with Crippen molar-refractivity contribution in [1.82, 2.24) is 0 Å². The summed E-state index contributed by atoms with van der Waals surface area (Å²) in [6.45, 7) is 22.9. The van der Waals surface area contributed by atoms with Crippen LogP contribution in [0, 0.1) is 29.9 Å². The average molecular weight is 384 g/mol. The molecule has 0 N–H and O–H groups in total. The van der Waals surface area contributed by atoms with Gasteiger partial charge in [-0.25, -0.2) is 4.85 Å². The van der Waals surface area contributed by atoms with Crippen LogP contribution in [0.5, 0.6) is 0 Å². The van der Waals surface area contributed by atoms with Crippen LogP contribution in [0.2, 0.25) is 19.6 Å². The molecule has 0 atom stereocenters. The Kier molecular flexibility index (Phi) is 6.91. The highest BCUT2D eigenvalue weighted by molar-refractivity contribution is 6.83. The maximum atomic E-state index is 7.59. The first-order valence-electron chi connectivity index (χ1n) is 9.81. The number of hydrogen-bond donors (Lipinski definition) is 0. The van der Waals surface area contributed by atoms with Gasteiger partial charge in [-0.2, -0.15) is 0 Å². The van der Waals surface area contributed by atoms with Gasteiger partial charge in [0.1, 0.15) is 8.07 Å². The van der Waals surface area contributed by atoms with E-state index in [1.807, 2.05) is 24.3 Å². The smallest absolute Gasteiger partial charge is 0.194 e. The summed E-state index contributed by atoms with van der Waals surface area (Å²) in [7, 11) is -1.36. The Morgan fingerprint density at radius 3 is 1.57 bits per heavy atom. The second-order valence-electron chi connectivity index (χ2n) is 8.75. The largest absolute Gasteiger partial charge is 0.238 e. The van der Waals surface area contributed by atoms with Gasteiger partial charge in [0.2, 0.25) is 0 Å². The zero-order chi connectivity index (χ0) is 20.9. The number of hydrogen-bond acceptors (Lipinski definition) is 0. The summed E-state index contributed by atoms with van der Waals surface area (Å²) in [6, 6.07) is 12.3. The molecular weight excluding hydrogens is 354 g/mol. The van der Waals surface area contributed by atoms with E-state index in [9.17, 15) is 0 Å². The van der Waals surface area contributed by atoms with Gasteiger partial charge < -0.3 is 0 Å². The van der Waals surface area contributed by atoms with E-state index in [-0.39, 0.29) is 0 Å². The highest BCUT2D eigenvalue weighted by atomic mass is 28.3. The molecule has 2 rings (SSSR count). The molecule has 0 amide bonds. The summed E-state index contributed by atoms with van der Waals surface area (Å²) in [5, 5.41) is 0. The van der Waals surface area contributed by atoms with Crippen LogP contribution in [0.4, 0.5) is 5.69 Å². The molecule has 2 heteroatoms. The lowest BCUT2D eigenvalue weighted by molar-refractivity contribution is 0.841. The lowest BCUT2D eigenvalue weighted by atomic mass is 9.90. The summed E-state index contributed by atoms with van der Waals surface area (Å²) in [5.41, 5.74) is 9.34. The molecule has 0 spiro atoms. The van der Waals surface area contributed by atoms with Crippen molar-refractivity contribution in [2.24, 2.45) is 0 Å². The van der Waals surface area contributed by atoms with Crippen LogP contribution in [0.3, 0.4) is 0 Å². The van der Waals surface area contributed by atoms with Gasteiger partial charge in [0.15, 0.2) is 5.69 Å². The first-order chi connectivity index (χ1) is 13.1. The minimum atomic E-state index is -1.36. The first-order valence-corrected chi connectivity index (χ1v) is 13.3. The quantitative estimate of drug-likeness (QED) is 0.295. The van der Waals surface area contributed by atoms with Gasteiger partial charge in [-0.1, -0.05) is 77.2 Å². The molecule has 0 radical (unpaired) electrons. The van der Waals surface area contributed by atoms with E-state index in [1.165, 1.54) is 0 Å². The van der Waals surface area contributed by atoms with E-state index in [0.29, 0.717) is 11.8 Å². The van der Waals surface area contributed by atoms with Crippen molar-refractivity contribution in [2.75, 3.05) is 0 Å². The Morgan fingerprint density at radius 2 is 1.18 bits per heavy atom. The van der Waals surface area contributed by atoms with Gasteiger partial charge in [-0.05, 0) is 47.2 Å². The Morgan fingerprint density at radius 1 is 0.750 bits per heavy atom. The minimum Gasteiger partial charge on any atom is -0.238 e. The molecule has 0 saturated heterocycles. The Bertz CT molecular complexity index is 976. The predicted molar refractivity (Wildman–Crippen MR) is 124 cm³/mol. The highest BCUT2D eigenvalue weighted by Gasteiger charge is 2.15. The van der Waals surface area contributed by atoms with Crippen molar-refractivity contribution in [3.63, 3.8) is 0 Å². The fourth-order valence-corrected chi connectivity index (χ4v) is 3.32. The third-order valence-electron chi connectivity index (χ3n) is 4.34. The SMILES string of the molecule is [C-]#[N+]c1c(C(C)C)cc(C#Cc2ccc(C#C[Si](C)(C)C)cc2)cc1C(C)C. The van der Waals surface area contributed by atoms with Crippen LogP contribution in [-0.4, -0.2) is 8.07 Å². The Labute approximate surface area is 172 Å². The average Bonchev–Trinajstić information content (AvgIpc) is 2.63. The van der Waals surface area contributed by atoms with Crippen LogP contribution in [0.1, 0.15) is 67.3 Å². The van der Waals surface area contributed by atoms with Gasteiger partial charge in [-0.3, -0.25) is 0 Å². The molecular formula is C26H29NSi. The summed E-state index contributed by atoms with van der Waals surface area (Å²) in [5.74, 6) is 10.4. The monoisotopic (exact) mass is 383 g/mol. The molecule has 0 aliphatic rings. The van der Waals surface area contributed by atoms with E-state index < -0.39 is 8.07 Å². The second kappa shape index (κ2) is 8.97. The van der Waals surface area contributed by atoms with E-state index in [2.05, 4.69) is 87.6 Å². The molecule has 142 valence electrons. The zero-order valence-electron chi connectivity index (χ0n) is 18.1.